The highest BCUT2D eigenvalue weighted by Crippen LogP contribution is 2.40. The highest BCUT2D eigenvalue weighted by Gasteiger charge is 2.38. The number of morpholine rings is 1. The third kappa shape index (κ3) is 5.38. The highest BCUT2D eigenvalue weighted by molar-refractivity contribution is 5.97. The SMILES string of the molecule is CNc1nc(Nc2cc(C(F)(F)F)c(C(=O)N3CCOCC3)cc2OC)ncc1C(F)(F)F. The van der Waals surface area contributed by atoms with Crippen molar-refractivity contribution in [2.45, 2.75) is 12.4 Å². The van der Waals surface area contributed by atoms with Crippen LogP contribution in [0, 0.1) is 0 Å². The summed E-state index contributed by atoms with van der Waals surface area (Å²) in [5, 5.41) is 4.71. The van der Waals surface area contributed by atoms with Gasteiger partial charge >= 0.3 is 12.4 Å². The number of hydrogen-bond donors (Lipinski definition) is 2. The van der Waals surface area contributed by atoms with Gasteiger partial charge in [0, 0.05) is 26.3 Å². The standard InChI is InChI=1S/C19H19F6N5O3/c1-26-15-12(19(23,24)25)9-27-17(29-15)28-13-8-11(18(20,21)22)10(7-14(13)32-2)16(31)30-3-5-33-6-4-30/h7-9H,3-6H2,1-2H3,(H2,26,27,28,29). The number of hydrogen-bond acceptors (Lipinski definition) is 7. The molecule has 33 heavy (non-hydrogen) atoms. The van der Waals surface area contributed by atoms with E-state index in [-0.39, 0.29) is 37.7 Å². The topological polar surface area (TPSA) is 88.6 Å². The van der Waals surface area contributed by atoms with Crippen LogP contribution in [-0.2, 0) is 17.1 Å². The average Bonchev–Trinajstić information content (AvgIpc) is 2.77. The molecule has 0 aliphatic carbocycles. The van der Waals surface area contributed by atoms with Crippen molar-refractivity contribution in [3.63, 3.8) is 0 Å². The Morgan fingerprint density at radius 1 is 1.09 bits per heavy atom. The maximum Gasteiger partial charge on any atom is 0.421 e. The lowest BCUT2D eigenvalue weighted by Gasteiger charge is -2.28. The van der Waals surface area contributed by atoms with Crippen molar-refractivity contribution >= 4 is 23.4 Å². The van der Waals surface area contributed by atoms with Crippen LogP contribution in [0.4, 0.5) is 43.8 Å². The Hall–Kier alpha value is -3.29. The minimum Gasteiger partial charge on any atom is -0.495 e. The summed E-state index contributed by atoms with van der Waals surface area (Å²) < 4.78 is 90.8. The number of nitrogens with one attached hydrogen (secondary N) is 2. The first-order valence-electron chi connectivity index (χ1n) is 9.51. The zero-order chi connectivity index (χ0) is 24.4. The van der Waals surface area contributed by atoms with Gasteiger partial charge in [0.15, 0.2) is 0 Å². The number of carbonyl (C=O) groups excluding carboxylic acids is 1. The van der Waals surface area contributed by atoms with Gasteiger partial charge in [-0.2, -0.15) is 31.3 Å². The monoisotopic (exact) mass is 479 g/mol. The van der Waals surface area contributed by atoms with Crippen LogP contribution >= 0.6 is 0 Å². The third-order valence-electron chi connectivity index (χ3n) is 4.75. The zero-order valence-electron chi connectivity index (χ0n) is 17.4. The molecule has 1 fully saturated rings. The molecule has 8 nitrogen and oxygen atoms in total. The molecular formula is C19H19F6N5O3. The number of benzene rings is 1. The Balaban J connectivity index is 2.03. The van der Waals surface area contributed by atoms with Gasteiger partial charge in [-0.15, -0.1) is 0 Å². The number of amides is 1. The second-order valence-corrected chi connectivity index (χ2v) is 6.83. The number of aromatic nitrogens is 2. The van der Waals surface area contributed by atoms with Crippen LogP contribution in [0.2, 0.25) is 0 Å². The molecule has 180 valence electrons. The maximum atomic E-state index is 13.8. The predicted octanol–water partition coefficient (Wildman–Crippen LogP) is 3.78. The number of alkyl halides is 6. The van der Waals surface area contributed by atoms with Gasteiger partial charge in [-0.1, -0.05) is 0 Å². The molecule has 0 bridgehead atoms. The number of nitrogens with zero attached hydrogens (tertiary/aromatic N) is 3. The van der Waals surface area contributed by atoms with Gasteiger partial charge in [0.1, 0.15) is 17.1 Å². The number of halogens is 6. The summed E-state index contributed by atoms with van der Waals surface area (Å²) in [5.41, 5.74) is -3.31. The van der Waals surface area contributed by atoms with Gasteiger partial charge in [0.2, 0.25) is 5.95 Å². The molecule has 14 heteroatoms. The van der Waals surface area contributed by atoms with E-state index in [0.29, 0.717) is 12.3 Å². The van der Waals surface area contributed by atoms with Crippen molar-refractivity contribution in [1.82, 2.24) is 14.9 Å². The van der Waals surface area contributed by atoms with E-state index < -0.39 is 46.7 Å². The Kier molecular flexibility index (Phi) is 6.86. The molecule has 0 radical (unpaired) electrons. The molecule has 1 aromatic carbocycles. The number of anilines is 3. The van der Waals surface area contributed by atoms with Gasteiger partial charge in [-0.25, -0.2) is 4.98 Å². The molecule has 2 aromatic rings. The molecule has 1 aromatic heterocycles. The van der Waals surface area contributed by atoms with Gasteiger partial charge in [-0.05, 0) is 12.1 Å². The van der Waals surface area contributed by atoms with Gasteiger partial charge in [0.05, 0.1) is 37.1 Å². The number of rotatable bonds is 5. The van der Waals surface area contributed by atoms with E-state index in [1.54, 1.807) is 0 Å². The lowest BCUT2D eigenvalue weighted by atomic mass is 10.0. The number of methoxy groups -OCH3 is 1. The fourth-order valence-corrected chi connectivity index (χ4v) is 3.16. The van der Waals surface area contributed by atoms with Crippen LogP contribution in [0.25, 0.3) is 0 Å². The molecule has 0 spiro atoms. The summed E-state index contributed by atoms with van der Waals surface area (Å²) >= 11 is 0. The van der Waals surface area contributed by atoms with Crippen LogP contribution < -0.4 is 15.4 Å². The molecule has 1 aliphatic rings. The molecule has 1 saturated heterocycles. The molecule has 2 heterocycles. The summed E-state index contributed by atoms with van der Waals surface area (Å²) in [6, 6.07) is 1.55. The lowest BCUT2D eigenvalue weighted by molar-refractivity contribution is -0.138. The van der Waals surface area contributed by atoms with Crippen LogP contribution in [0.5, 0.6) is 5.75 Å². The summed E-state index contributed by atoms with van der Waals surface area (Å²) in [5.74, 6) is -1.99. The van der Waals surface area contributed by atoms with E-state index >= 15 is 0 Å². The van der Waals surface area contributed by atoms with Gasteiger partial charge < -0.3 is 25.0 Å². The Labute approximate surface area is 183 Å². The second-order valence-electron chi connectivity index (χ2n) is 6.83. The molecular weight excluding hydrogens is 460 g/mol. The minimum absolute atomic E-state index is 0.130. The van der Waals surface area contributed by atoms with Crippen LogP contribution in [0.15, 0.2) is 18.3 Å². The van der Waals surface area contributed by atoms with Gasteiger partial charge in [-0.3, -0.25) is 4.79 Å². The maximum absolute atomic E-state index is 13.8. The molecule has 3 rings (SSSR count). The van der Waals surface area contributed by atoms with Crippen LogP contribution in [0.1, 0.15) is 21.5 Å². The first-order valence-corrected chi connectivity index (χ1v) is 9.51. The van der Waals surface area contributed by atoms with E-state index in [0.717, 1.165) is 6.07 Å². The Bertz CT molecular complexity index is 1020. The molecule has 0 saturated carbocycles. The van der Waals surface area contributed by atoms with Crippen molar-refractivity contribution in [3.8, 4) is 5.75 Å². The third-order valence-corrected chi connectivity index (χ3v) is 4.75. The predicted molar refractivity (Wildman–Crippen MR) is 105 cm³/mol. The summed E-state index contributed by atoms with van der Waals surface area (Å²) in [6.07, 6.45) is -9.15. The van der Waals surface area contributed by atoms with E-state index in [1.165, 1.54) is 19.1 Å². The fraction of sp³-hybridized carbons (Fsp3) is 0.421. The van der Waals surface area contributed by atoms with E-state index in [2.05, 4.69) is 20.6 Å². The molecule has 0 atom stereocenters. The average molecular weight is 479 g/mol. The number of ether oxygens (including phenoxy) is 2. The lowest BCUT2D eigenvalue weighted by Crippen LogP contribution is -2.41. The Morgan fingerprint density at radius 2 is 1.73 bits per heavy atom. The largest absolute Gasteiger partial charge is 0.495 e. The normalized spacial score (nSPS) is 14.7. The van der Waals surface area contributed by atoms with E-state index in [4.69, 9.17) is 9.47 Å². The van der Waals surface area contributed by atoms with Crippen molar-refractivity contribution < 1.29 is 40.6 Å². The quantitative estimate of drug-likeness (QED) is 0.631. The van der Waals surface area contributed by atoms with Crippen molar-refractivity contribution in [3.05, 3.63) is 35.0 Å². The summed E-state index contributed by atoms with van der Waals surface area (Å²) in [7, 11) is 2.37. The van der Waals surface area contributed by atoms with E-state index in [9.17, 15) is 31.1 Å². The summed E-state index contributed by atoms with van der Waals surface area (Å²) in [6.45, 7) is 0.654. The molecule has 1 aliphatic heterocycles. The first kappa shape index (κ1) is 24.4. The summed E-state index contributed by atoms with van der Waals surface area (Å²) in [4.78, 5) is 21.2. The minimum atomic E-state index is -4.91. The zero-order valence-corrected chi connectivity index (χ0v) is 17.4. The van der Waals surface area contributed by atoms with E-state index in [1.807, 2.05) is 0 Å². The first-order chi connectivity index (χ1) is 15.5. The van der Waals surface area contributed by atoms with Crippen LogP contribution in [-0.4, -0.2) is 61.2 Å². The van der Waals surface area contributed by atoms with Crippen molar-refractivity contribution in [1.29, 1.82) is 0 Å². The van der Waals surface area contributed by atoms with Gasteiger partial charge in [0.25, 0.3) is 5.91 Å². The molecule has 1 amide bonds. The van der Waals surface area contributed by atoms with Crippen molar-refractivity contribution in [2.75, 3.05) is 51.1 Å². The highest BCUT2D eigenvalue weighted by atomic mass is 19.4. The Morgan fingerprint density at radius 3 is 2.27 bits per heavy atom. The van der Waals surface area contributed by atoms with Crippen LogP contribution in [0.3, 0.4) is 0 Å². The van der Waals surface area contributed by atoms with Crippen molar-refractivity contribution in [2.24, 2.45) is 0 Å². The molecule has 2 N–H and O–H groups in total. The second kappa shape index (κ2) is 9.29. The molecule has 0 unspecified atom stereocenters. The fourth-order valence-electron chi connectivity index (χ4n) is 3.16. The smallest absolute Gasteiger partial charge is 0.421 e. The number of carbonyl (C=O) groups is 1.